The second-order valence-electron chi connectivity index (χ2n) is 4.18. The highest BCUT2D eigenvalue weighted by atomic mass is 32.2. The Morgan fingerprint density at radius 3 is 2.15 bits per heavy atom. The lowest BCUT2D eigenvalue weighted by Gasteiger charge is -2.09. The van der Waals surface area contributed by atoms with Crippen LogP contribution in [0.5, 0.6) is 5.75 Å². The first-order chi connectivity index (χ1) is 9.55. The van der Waals surface area contributed by atoms with Crippen LogP contribution in [0, 0.1) is 0 Å². The second-order valence-corrected chi connectivity index (χ2v) is 5.86. The molecule has 0 fully saturated rings. The fourth-order valence-electron chi connectivity index (χ4n) is 1.68. The van der Waals surface area contributed by atoms with E-state index in [0.717, 1.165) is 5.56 Å². The Labute approximate surface area is 118 Å². The van der Waals surface area contributed by atoms with E-state index in [1.54, 1.807) is 36.4 Å². The van der Waals surface area contributed by atoms with Crippen LogP contribution in [0.15, 0.2) is 53.4 Å². The molecule has 0 aliphatic rings. The van der Waals surface area contributed by atoms with Crippen LogP contribution < -0.4 is 15.2 Å². The molecular weight excluding hydrogens is 276 g/mol. The van der Waals surface area contributed by atoms with E-state index in [0.29, 0.717) is 18.0 Å². The third-order valence-corrected chi connectivity index (χ3v) is 4.21. The van der Waals surface area contributed by atoms with Gasteiger partial charge in [-0.25, -0.2) is 8.42 Å². The molecule has 0 unspecified atom stereocenters. The lowest BCUT2D eigenvalue weighted by atomic mass is 10.2. The molecule has 0 amide bonds. The van der Waals surface area contributed by atoms with Crippen LogP contribution >= 0.6 is 0 Å². The number of nitrogens with one attached hydrogen (secondary N) is 1. The number of nitrogens with two attached hydrogens (primary N) is 1. The van der Waals surface area contributed by atoms with E-state index in [-0.39, 0.29) is 4.90 Å². The first-order valence-corrected chi connectivity index (χ1v) is 7.49. The summed E-state index contributed by atoms with van der Waals surface area (Å²) in [5, 5.41) is 0. The topological polar surface area (TPSA) is 81.4 Å². The van der Waals surface area contributed by atoms with Crippen molar-refractivity contribution in [1.82, 2.24) is 0 Å². The zero-order valence-corrected chi connectivity index (χ0v) is 11.9. The zero-order valence-electron chi connectivity index (χ0n) is 11.0. The van der Waals surface area contributed by atoms with Crippen molar-refractivity contribution in [2.75, 3.05) is 11.8 Å². The molecule has 0 atom stereocenters. The van der Waals surface area contributed by atoms with Crippen molar-refractivity contribution in [1.29, 1.82) is 0 Å². The number of sulfonamides is 1. The van der Waals surface area contributed by atoms with Crippen molar-refractivity contribution < 1.29 is 13.2 Å². The fraction of sp³-hybridized carbons (Fsp3) is 0.143. The lowest BCUT2D eigenvalue weighted by molar-refractivity contribution is 0.414. The van der Waals surface area contributed by atoms with Gasteiger partial charge in [0.1, 0.15) is 5.75 Å². The average Bonchev–Trinajstić information content (AvgIpc) is 2.48. The third-order valence-electron chi connectivity index (χ3n) is 2.81. The normalized spacial score (nSPS) is 11.1. The van der Waals surface area contributed by atoms with E-state index in [9.17, 15) is 8.42 Å². The molecule has 2 aromatic rings. The van der Waals surface area contributed by atoms with Gasteiger partial charge in [-0.05, 0) is 42.0 Å². The monoisotopic (exact) mass is 292 g/mol. The molecule has 6 heteroatoms. The first-order valence-electron chi connectivity index (χ1n) is 6.01. The Morgan fingerprint density at radius 2 is 1.65 bits per heavy atom. The molecule has 0 aromatic heterocycles. The maximum Gasteiger partial charge on any atom is 0.261 e. The van der Waals surface area contributed by atoms with Crippen LogP contribution in [0.3, 0.4) is 0 Å². The third kappa shape index (κ3) is 3.28. The SMILES string of the molecule is COc1ccc(S(=O)(=O)Nc2ccc(CN)cc2)cc1. The molecule has 0 bridgehead atoms. The summed E-state index contributed by atoms with van der Waals surface area (Å²) in [5.41, 5.74) is 6.94. The summed E-state index contributed by atoms with van der Waals surface area (Å²) in [6, 6.07) is 13.1. The Bertz CT molecular complexity index is 665. The number of hydrogen-bond donors (Lipinski definition) is 2. The molecule has 0 heterocycles. The van der Waals surface area contributed by atoms with E-state index < -0.39 is 10.0 Å². The highest BCUT2D eigenvalue weighted by molar-refractivity contribution is 7.92. The summed E-state index contributed by atoms with van der Waals surface area (Å²) in [7, 11) is -2.07. The minimum atomic E-state index is -3.59. The van der Waals surface area contributed by atoms with Gasteiger partial charge in [-0.2, -0.15) is 0 Å². The molecule has 2 rings (SSSR count). The van der Waals surface area contributed by atoms with Crippen molar-refractivity contribution >= 4 is 15.7 Å². The maximum atomic E-state index is 12.2. The molecular formula is C14H16N2O3S. The summed E-state index contributed by atoms with van der Waals surface area (Å²) in [6.45, 7) is 0.422. The smallest absolute Gasteiger partial charge is 0.261 e. The van der Waals surface area contributed by atoms with Crippen molar-refractivity contribution in [3.63, 3.8) is 0 Å². The van der Waals surface area contributed by atoms with Crippen LogP contribution in [0.4, 0.5) is 5.69 Å². The Kier molecular flexibility index (Phi) is 4.26. The molecule has 0 aliphatic carbocycles. The van der Waals surface area contributed by atoms with Crippen molar-refractivity contribution in [3.8, 4) is 5.75 Å². The van der Waals surface area contributed by atoms with Gasteiger partial charge in [-0.1, -0.05) is 12.1 Å². The molecule has 0 spiro atoms. The molecule has 0 saturated heterocycles. The molecule has 3 N–H and O–H groups in total. The van der Waals surface area contributed by atoms with Gasteiger partial charge in [0.05, 0.1) is 12.0 Å². The molecule has 0 aliphatic heterocycles. The average molecular weight is 292 g/mol. The van der Waals surface area contributed by atoms with Crippen LogP contribution in [0.2, 0.25) is 0 Å². The van der Waals surface area contributed by atoms with Gasteiger partial charge < -0.3 is 10.5 Å². The predicted molar refractivity (Wildman–Crippen MR) is 78.1 cm³/mol. The molecule has 106 valence electrons. The lowest BCUT2D eigenvalue weighted by Crippen LogP contribution is -2.12. The number of benzene rings is 2. The van der Waals surface area contributed by atoms with Crippen LogP contribution in [0.25, 0.3) is 0 Å². The van der Waals surface area contributed by atoms with E-state index in [1.165, 1.54) is 19.2 Å². The number of ether oxygens (including phenoxy) is 1. The standard InChI is InChI=1S/C14H16N2O3S/c1-19-13-6-8-14(9-7-13)20(17,18)16-12-4-2-11(10-15)3-5-12/h2-9,16H,10,15H2,1H3. The quantitative estimate of drug-likeness (QED) is 0.882. The highest BCUT2D eigenvalue weighted by Crippen LogP contribution is 2.19. The summed E-state index contributed by atoms with van der Waals surface area (Å²) in [5.74, 6) is 0.608. The maximum absolute atomic E-state index is 12.2. The highest BCUT2D eigenvalue weighted by Gasteiger charge is 2.13. The summed E-state index contributed by atoms with van der Waals surface area (Å²) < 4.78 is 31.9. The van der Waals surface area contributed by atoms with Crippen molar-refractivity contribution in [3.05, 3.63) is 54.1 Å². The largest absolute Gasteiger partial charge is 0.497 e. The van der Waals surface area contributed by atoms with E-state index in [4.69, 9.17) is 10.5 Å². The van der Waals surface area contributed by atoms with Gasteiger partial charge in [0.2, 0.25) is 0 Å². The van der Waals surface area contributed by atoms with Gasteiger partial charge in [0.15, 0.2) is 0 Å². The predicted octanol–water partition coefficient (Wildman–Crippen LogP) is 1.95. The van der Waals surface area contributed by atoms with Crippen molar-refractivity contribution in [2.24, 2.45) is 5.73 Å². The summed E-state index contributed by atoms with van der Waals surface area (Å²) >= 11 is 0. The first kappa shape index (κ1) is 14.4. The number of rotatable bonds is 5. The minimum absolute atomic E-state index is 0.182. The molecule has 0 saturated carbocycles. The van der Waals surface area contributed by atoms with E-state index in [2.05, 4.69) is 4.72 Å². The van der Waals surface area contributed by atoms with Gasteiger partial charge >= 0.3 is 0 Å². The van der Waals surface area contributed by atoms with Gasteiger partial charge in [0, 0.05) is 12.2 Å². The number of anilines is 1. The minimum Gasteiger partial charge on any atom is -0.497 e. The van der Waals surface area contributed by atoms with Gasteiger partial charge in [0.25, 0.3) is 10.0 Å². The Morgan fingerprint density at radius 1 is 1.05 bits per heavy atom. The molecule has 5 nitrogen and oxygen atoms in total. The van der Waals surface area contributed by atoms with Crippen LogP contribution in [-0.4, -0.2) is 15.5 Å². The second kappa shape index (κ2) is 5.94. The van der Waals surface area contributed by atoms with Crippen molar-refractivity contribution in [2.45, 2.75) is 11.4 Å². The van der Waals surface area contributed by atoms with Gasteiger partial charge in [-0.3, -0.25) is 4.72 Å². The Balaban J connectivity index is 2.20. The summed E-state index contributed by atoms with van der Waals surface area (Å²) in [4.78, 5) is 0.182. The molecule has 0 radical (unpaired) electrons. The summed E-state index contributed by atoms with van der Waals surface area (Å²) in [6.07, 6.45) is 0. The van der Waals surface area contributed by atoms with Crippen LogP contribution in [0.1, 0.15) is 5.56 Å². The van der Waals surface area contributed by atoms with Crippen LogP contribution in [-0.2, 0) is 16.6 Å². The van der Waals surface area contributed by atoms with E-state index in [1.807, 2.05) is 0 Å². The number of methoxy groups -OCH3 is 1. The van der Waals surface area contributed by atoms with E-state index >= 15 is 0 Å². The van der Waals surface area contributed by atoms with Gasteiger partial charge in [-0.15, -0.1) is 0 Å². The number of hydrogen-bond acceptors (Lipinski definition) is 4. The Hall–Kier alpha value is -2.05. The molecule has 20 heavy (non-hydrogen) atoms. The molecule has 2 aromatic carbocycles. The fourth-order valence-corrected chi connectivity index (χ4v) is 2.74. The zero-order chi connectivity index (χ0) is 14.6.